The second kappa shape index (κ2) is 9.25. The molecule has 2 rings (SSSR count). The van der Waals surface area contributed by atoms with E-state index in [4.69, 9.17) is 5.11 Å². The van der Waals surface area contributed by atoms with Crippen molar-refractivity contribution in [2.75, 3.05) is 24.7 Å². The minimum absolute atomic E-state index is 0.283. The largest absolute Gasteiger partial charge is 0.396 e. The zero-order valence-corrected chi connectivity index (χ0v) is 14.2. The summed E-state index contributed by atoms with van der Waals surface area (Å²) in [5, 5.41) is 12.1. The van der Waals surface area contributed by atoms with Crippen LogP contribution in [0.2, 0.25) is 0 Å². The van der Waals surface area contributed by atoms with Crippen LogP contribution in [0.4, 0.5) is 0 Å². The molecule has 0 aliphatic heterocycles. The third-order valence-electron chi connectivity index (χ3n) is 2.93. The highest BCUT2D eigenvalue weighted by molar-refractivity contribution is 9.10. The van der Waals surface area contributed by atoms with Gasteiger partial charge in [-0.05, 0) is 24.3 Å². The number of halogens is 1. The van der Waals surface area contributed by atoms with E-state index in [1.54, 1.807) is 0 Å². The number of thioether (sulfide) groups is 1. The maximum atomic E-state index is 8.69. The lowest BCUT2D eigenvalue weighted by atomic mass is 10.2. The van der Waals surface area contributed by atoms with Crippen molar-refractivity contribution in [1.82, 2.24) is 15.3 Å². The molecular weight excluding hydrogens is 350 g/mol. The van der Waals surface area contributed by atoms with Crippen molar-refractivity contribution < 1.29 is 5.11 Å². The van der Waals surface area contributed by atoms with E-state index in [1.807, 2.05) is 30.1 Å². The van der Waals surface area contributed by atoms with Gasteiger partial charge in [-0.1, -0.05) is 28.1 Å². The molecule has 0 radical (unpaired) electrons. The number of rotatable bonds is 9. The fourth-order valence-corrected chi connectivity index (χ4v) is 3.10. The molecule has 0 aliphatic carbocycles. The molecule has 6 heteroatoms. The molecule has 0 bridgehead atoms. The summed E-state index contributed by atoms with van der Waals surface area (Å²) in [5.41, 5.74) is 2.16. The number of benzene rings is 1. The van der Waals surface area contributed by atoms with Crippen LogP contribution in [0, 0.1) is 0 Å². The zero-order valence-electron chi connectivity index (χ0n) is 11.8. The van der Waals surface area contributed by atoms with Crippen LogP contribution >= 0.6 is 27.7 Å². The van der Waals surface area contributed by atoms with Gasteiger partial charge in [-0.25, -0.2) is 4.98 Å². The lowest BCUT2D eigenvalue weighted by Crippen LogP contribution is -2.17. The van der Waals surface area contributed by atoms with Gasteiger partial charge in [0.1, 0.15) is 5.82 Å². The van der Waals surface area contributed by atoms with Gasteiger partial charge in [-0.15, -0.1) is 0 Å². The average Bonchev–Trinajstić information content (AvgIpc) is 2.95. The number of hydrogen-bond donors (Lipinski definition) is 3. The maximum Gasteiger partial charge on any atom is 0.120 e. The molecule has 0 spiro atoms. The van der Waals surface area contributed by atoms with Crippen molar-refractivity contribution in [3.8, 4) is 11.3 Å². The number of nitrogens with one attached hydrogen (secondary N) is 2. The molecule has 1 aromatic heterocycles. The van der Waals surface area contributed by atoms with Crippen LogP contribution in [0.3, 0.4) is 0 Å². The Hall–Kier alpha value is -0.820. The summed E-state index contributed by atoms with van der Waals surface area (Å²) in [6.07, 6.45) is 2.74. The van der Waals surface area contributed by atoms with Gasteiger partial charge in [0.05, 0.1) is 18.4 Å². The SMILES string of the molecule is OCCCSCCNCc1ncc(-c2cccc(Br)c2)[nH]1. The molecule has 0 amide bonds. The summed E-state index contributed by atoms with van der Waals surface area (Å²) in [6.45, 7) is 1.97. The molecule has 0 saturated heterocycles. The van der Waals surface area contributed by atoms with Crippen LogP contribution in [0.25, 0.3) is 11.3 Å². The predicted octanol–water partition coefficient (Wildman–Crippen LogP) is 3.04. The quantitative estimate of drug-likeness (QED) is 0.594. The second-order valence-corrected chi connectivity index (χ2v) is 6.76. The number of imidazole rings is 1. The Morgan fingerprint density at radius 1 is 1.33 bits per heavy atom. The summed E-state index contributed by atoms with van der Waals surface area (Å²) in [5.74, 6) is 3.02. The first-order valence-electron chi connectivity index (χ1n) is 6.99. The van der Waals surface area contributed by atoms with Crippen LogP contribution < -0.4 is 5.32 Å². The number of aromatic amines is 1. The molecule has 2 aromatic rings. The van der Waals surface area contributed by atoms with Crippen molar-refractivity contribution in [3.05, 3.63) is 40.8 Å². The van der Waals surface area contributed by atoms with Gasteiger partial charge in [0.2, 0.25) is 0 Å². The zero-order chi connectivity index (χ0) is 14.9. The first kappa shape index (κ1) is 16.5. The van der Waals surface area contributed by atoms with E-state index < -0.39 is 0 Å². The molecular formula is C15H20BrN3OS. The monoisotopic (exact) mass is 369 g/mol. The fraction of sp³-hybridized carbons (Fsp3) is 0.400. The summed E-state index contributed by atoms with van der Waals surface area (Å²) < 4.78 is 1.06. The predicted molar refractivity (Wildman–Crippen MR) is 92.5 cm³/mol. The van der Waals surface area contributed by atoms with Crippen LogP contribution in [0.5, 0.6) is 0 Å². The van der Waals surface area contributed by atoms with Gasteiger partial charge in [0.25, 0.3) is 0 Å². The summed E-state index contributed by atoms with van der Waals surface area (Å²) in [6, 6.07) is 8.16. The number of aliphatic hydroxyl groups is 1. The van der Waals surface area contributed by atoms with E-state index in [0.717, 1.165) is 52.6 Å². The van der Waals surface area contributed by atoms with E-state index in [0.29, 0.717) is 0 Å². The van der Waals surface area contributed by atoms with Gasteiger partial charge >= 0.3 is 0 Å². The first-order valence-corrected chi connectivity index (χ1v) is 8.93. The molecule has 21 heavy (non-hydrogen) atoms. The Morgan fingerprint density at radius 2 is 2.24 bits per heavy atom. The van der Waals surface area contributed by atoms with E-state index >= 15 is 0 Å². The van der Waals surface area contributed by atoms with Crippen molar-refractivity contribution >= 4 is 27.7 Å². The third kappa shape index (κ3) is 5.82. The van der Waals surface area contributed by atoms with Crippen LogP contribution in [0.1, 0.15) is 12.2 Å². The molecule has 3 N–H and O–H groups in total. The van der Waals surface area contributed by atoms with Crippen LogP contribution in [-0.2, 0) is 6.54 Å². The van der Waals surface area contributed by atoms with Gasteiger partial charge in [0.15, 0.2) is 0 Å². The molecule has 0 atom stereocenters. The smallest absolute Gasteiger partial charge is 0.120 e. The van der Waals surface area contributed by atoms with Crippen molar-refractivity contribution in [2.45, 2.75) is 13.0 Å². The minimum Gasteiger partial charge on any atom is -0.396 e. The standard InChI is InChI=1S/C15H20BrN3OS/c16-13-4-1-3-12(9-13)14-10-18-15(19-14)11-17-5-8-21-7-2-6-20/h1,3-4,9-10,17,20H,2,5-8,11H2,(H,18,19). The van der Waals surface area contributed by atoms with E-state index in [1.165, 1.54) is 0 Å². The Bertz CT molecular complexity index is 547. The second-order valence-electron chi connectivity index (χ2n) is 4.62. The van der Waals surface area contributed by atoms with Gasteiger partial charge in [0, 0.05) is 28.9 Å². The van der Waals surface area contributed by atoms with Crippen molar-refractivity contribution in [3.63, 3.8) is 0 Å². The van der Waals surface area contributed by atoms with Gasteiger partial charge < -0.3 is 15.4 Å². The lowest BCUT2D eigenvalue weighted by molar-refractivity contribution is 0.296. The Balaban J connectivity index is 1.73. The minimum atomic E-state index is 0.283. The highest BCUT2D eigenvalue weighted by Crippen LogP contribution is 2.21. The van der Waals surface area contributed by atoms with Crippen molar-refractivity contribution in [2.24, 2.45) is 0 Å². The Labute approximate surface area is 137 Å². The summed E-state index contributed by atoms with van der Waals surface area (Å²) >= 11 is 5.34. The summed E-state index contributed by atoms with van der Waals surface area (Å²) in [4.78, 5) is 7.73. The van der Waals surface area contributed by atoms with Crippen LogP contribution in [0.15, 0.2) is 34.9 Å². The molecule has 4 nitrogen and oxygen atoms in total. The third-order valence-corrected chi connectivity index (χ3v) is 4.49. The number of aliphatic hydroxyl groups excluding tert-OH is 1. The molecule has 0 unspecified atom stereocenters. The molecule has 1 aromatic carbocycles. The lowest BCUT2D eigenvalue weighted by Gasteiger charge is -2.02. The molecule has 114 valence electrons. The Kier molecular flexibility index (Phi) is 7.29. The van der Waals surface area contributed by atoms with Crippen molar-refractivity contribution in [1.29, 1.82) is 0 Å². The maximum absolute atomic E-state index is 8.69. The first-order chi connectivity index (χ1) is 10.3. The van der Waals surface area contributed by atoms with Gasteiger partial charge in [-0.3, -0.25) is 0 Å². The average molecular weight is 370 g/mol. The molecule has 1 heterocycles. The molecule has 0 fully saturated rings. The molecule has 0 aliphatic rings. The Morgan fingerprint density at radius 3 is 3.05 bits per heavy atom. The number of H-pyrrole nitrogens is 1. The van der Waals surface area contributed by atoms with E-state index in [2.05, 4.69) is 43.3 Å². The van der Waals surface area contributed by atoms with Gasteiger partial charge in [-0.2, -0.15) is 11.8 Å². The van der Waals surface area contributed by atoms with Crippen LogP contribution in [-0.4, -0.2) is 39.7 Å². The number of hydrogen-bond acceptors (Lipinski definition) is 4. The number of nitrogens with zero attached hydrogens (tertiary/aromatic N) is 1. The fourth-order valence-electron chi connectivity index (χ4n) is 1.87. The highest BCUT2D eigenvalue weighted by atomic mass is 79.9. The normalized spacial score (nSPS) is 11.0. The summed E-state index contributed by atoms with van der Waals surface area (Å²) in [7, 11) is 0. The van der Waals surface area contributed by atoms with E-state index in [9.17, 15) is 0 Å². The topological polar surface area (TPSA) is 60.9 Å². The highest BCUT2D eigenvalue weighted by Gasteiger charge is 2.03. The van der Waals surface area contributed by atoms with E-state index in [-0.39, 0.29) is 6.61 Å². The number of aromatic nitrogens is 2. The molecule has 0 saturated carbocycles.